The quantitative estimate of drug-likeness (QED) is 0.0850. The van der Waals surface area contributed by atoms with Gasteiger partial charge in [0.15, 0.2) is 17.7 Å². The summed E-state index contributed by atoms with van der Waals surface area (Å²) in [5.74, 6) is -5.98. The van der Waals surface area contributed by atoms with E-state index < -0.39 is 101 Å². The number of fused-ring (bicyclic) bond motifs is 1. The number of aliphatic hydroxyl groups excluding tert-OH is 1. The van der Waals surface area contributed by atoms with Crippen LogP contribution in [0.25, 0.3) is 17.3 Å². The summed E-state index contributed by atoms with van der Waals surface area (Å²) in [6.07, 6.45) is -2.40. The van der Waals surface area contributed by atoms with Crippen molar-refractivity contribution in [3.05, 3.63) is 54.2 Å². The van der Waals surface area contributed by atoms with Crippen molar-refractivity contribution in [2.45, 2.75) is 134 Å². The first-order valence-electron chi connectivity index (χ1n) is 21.0. The molecule has 2 amide bonds. The molecule has 2 aromatic rings. The van der Waals surface area contributed by atoms with Crippen LogP contribution in [0.1, 0.15) is 80.2 Å². The highest BCUT2D eigenvalue weighted by Gasteiger charge is 2.59. The van der Waals surface area contributed by atoms with Crippen LogP contribution in [0.2, 0.25) is 0 Å². The SMILES string of the molecule is CC[C@H]1OC(=O)[C@@](C)(F)C(=O)[C@H](C)[C@@H](O[C@@H]2O[C@H](C)C[C@H](N(C)C)[C@H]2O)[C@](C)(OC(=O)NC/C=C/c2ccc(-c3cccnn3)cc2)C[C@@H](C)/C(=N\O)[C@H](C)[C@H]2NC(=O)O[C@@]21C. The number of Topliss-reactive ketones (excluding diaryl/α,β-unsaturated/α-hetero) is 1. The molecule has 0 bridgehead atoms. The summed E-state index contributed by atoms with van der Waals surface area (Å²) in [6, 6.07) is 9.74. The highest BCUT2D eigenvalue weighted by atomic mass is 19.1. The number of carbonyl (C=O) groups excluding carboxylic acids is 4. The number of esters is 1. The summed E-state index contributed by atoms with van der Waals surface area (Å²) >= 11 is 0. The Balaban J connectivity index is 1.53. The number of nitrogens with zero attached hydrogens (tertiary/aromatic N) is 4. The van der Waals surface area contributed by atoms with Gasteiger partial charge in [-0.25, -0.2) is 18.8 Å². The molecule has 0 aliphatic carbocycles. The summed E-state index contributed by atoms with van der Waals surface area (Å²) in [6.45, 7) is 11.9. The van der Waals surface area contributed by atoms with E-state index >= 15 is 4.39 Å². The molecule has 17 nitrogen and oxygen atoms in total. The van der Waals surface area contributed by atoms with Crippen molar-refractivity contribution < 1.29 is 57.6 Å². The number of hydrogen-bond acceptors (Lipinski definition) is 15. The van der Waals surface area contributed by atoms with E-state index in [-0.39, 0.29) is 25.1 Å². The van der Waals surface area contributed by atoms with E-state index in [0.717, 1.165) is 18.1 Å². The lowest BCUT2D eigenvalue weighted by molar-refractivity contribution is -0.292. The highest BCUT2D eigenvalue weighted by Crippen LogP contribution is 2.41. The van der Waals surface area contributed by atoms with Gasteiger partial charge < -0.3 is 49.5 Å². The summed E-state index contributed by atoms with van der Waals surface area (Å²) < 4.78 is 47.2. The first-order chi connectivity index (χ1) is 29.2. The maximum atomic E-state index is 17.0. The molecule has 1 aromatic carbocycles. The van der Waals surface area contributed by atoms with Crippen molar-refractivity contribution in [3.63, 3.8) is 0 Å². The number of ketones is 1. The van der Waals surface area contributed by atoms with Gasteiger partial charge in [0.1, 0.15) is 23.9 Å². The fourth-order valence-electron chi connectivity index (χ4n) is 9.09. The number of oxime groups is 1. The molecule has 62 heavy (non-hydrogen) atoms. The van der Waals surface area contributed by atoms with E-state index in [0.29, 0.717) is 12.1 Å². The molecule has 4 N–H and O–H groups in total. The third-order valence-electron chi connectivity index (χ3n) is 12.4. The number of rotatable bonds is 9. The number of amides is 2. The Morgan fingerprint density at radius 2 is 1.79 bits per heavy atom. The lowest BCUT2D eigenvalue weighted by Gasteiger charge is -2.47. The molecule has 13 atom stereocenters. The fraction of sp³-hybridized carbons (Fsp3) is 0.614. The Morgan fingerprint density at radius 1 is 1.10 bits per heavy atom. The third kappa shape index (κ3) is 10.2. The van der Waals surface area contributed by atoms with Crippen LogP contribution in [-0.2, 0) is 33.3 Å². The van der Waals surface area contributed by atoms with Crippen LogP contribution in [0.5, 0.6) is 0 Å². The molecule has 340 valence electrons. The van der Waals surface area contributed by atoms with Gasteiger partial charge in [-0.2, -0.15) is 10.2 Å². The maximum absolute atomic E-state index is 17.0. The van der Waals surface area contributed by atoms with E-state index in [1.54, 1.807) is 71.1 Å². The number of halogens is 1. The zero-order valence-corrected chi connectivity index (χ0v) is 37.0. The van der Waals surface area contributed by atoms with Crippen LogP contribution in [0.15, 0.2) is 53.8 Å². The number of carbonyl (C=O) groups is 4. The summed E-state index contributed by atoms with van der Waals surface area (Å²) in [7, 11) is 3.56. The van der Waals surface area contributed by atoms with Crippen LogP contribution >= 0.6 is 0 Å². The minimum absolute atomic E-state index is 0.00377. The Labute approximate surface area is 361 Å². The Bertz CT molecular complexity index is 1970. The number of ether oxygens (including phenoxy) is 5. The number of alkyl halides is 1. The number of aliphatic hydroxyl groups is 1. The topological polar surface area (TPSA) is 220 Å². The highest BCUT2D eigenvalue weighted by molar-refractivity contribution is 6.08. The fourth-order valence-corrected chi connectivity index (χ4v) is 9.09. The van der Waals surface area contributed by atoms with Crippen LogP contribution in [0.3, 0.4) is 0 Å². The minimum Gasteiger partial charge on any atom is -0.455 e. The average Bonchev–Trinajstić information content (AvgIpc) is 3.55. The molecule has 3 fully saturated rings. The number of alkyl carbamates (subject to hydrolysis) is 2. The standard InChI is InChI=1S/C44H61FN6O11/c1-11-32-44(8)35(48-41(56)62-44)26(4)33(50-57)24(2)23-42(6,61-40(55)46-20-12-14-28-16-18-29(19-17-28)30-15-13-21-47-49-30)37(27(5)36(53)43(7,45)39(54)59-32)60-38-34(52)31(51(9)10)22-25(3)58-38/h12-19,21,24-27,31-32,34-35,37-38,52,57H,11,20,22-23H2,1-10H3,(H,46,55)(H,48,56)/b14-12+,50-33+/t24-,25-,26+,27+,31+,32-,34-,35-,37-,38+,42-,43+,44-/m1/s1. The second-order valence-electron chi connectivity index (χ2n) is 17.4. The third-order valence-corrected chi connectivity index (χ3v) is 12.4. The molecule has 4 heterocycles. The number of nitrogens with one attached hydrogen (secondary N) is 2. The van der Waals surface area contributed by atoms with E-state index in [1.807, 2.05) is 30.3 Å². The first kappa shape index (κ1) is 48.0. The number of hydrogen-bond donors (Lipinski definition) is 4. The van der Waals surface area contributed by atoms with E-state index in [9.17, 15) is 29.5 Å². The van der Waals surface area contributed by atoms with Gasteiger partial charge in [-0.1, -0.05) is 69.3 Å². The Hall–Kier alpha value is -5.04. The maximum Gasteiger partial charge on any atom is 0.408 e. The zero-order chi connectivity index (χ0) is 45.7. The monoisotopic (exact) mass is 868 g/mol. The first-order valence-corrected chi connectivity index (χ1v) is 21.0. The van der Waals surface area contributed by atoms with Crippen molar-refractivity contribution in [2.24, 2.45) is 22.9 Å². The summed E-state index contributed by atoms with van der Waals surface area (Å²) in [5.41, 5.74) is -4.23. The molecular weight excluding hydrogens is 808 g/mol. The molecule has 5 rings (SSSR count). The number of benzene rings is 1. The Morgan fingerprint density at radius 3 is 2.40 bits per heavy atom. The van der Waals surface area contributed by atoms with Gasteiger partial charge in [0.25, 0.3) is 5.67 Å². The lowest BCUT2D eigenvalue weighted by Crippen LogP contribution is -2.62. The molecule has 3 saturated heterocycles. The van der Waals surface area contributed by atoms with Gasteiger partial charge in [0, 0.05) is 42.1 Å². The van der Waals surface area contributed by atoms with Crippen molar-refractivity contribution in [3.8, 4) is 11.3 Å². The normalized spacial score (nSPS) is 36.7. The lowest BCUT2D eigenvalue weighted by atomic mass is 9.73. The van der Waals surface area contributed by atoms with E-state index in [1.165, 1.54) is 20.8 Å². The zero-order valence-electron chi connectivity index (χ0n) is 37.0. The molecule has 1 aromatic heterocycles. The van der Waals surface area contributed by atoms with Crippen LogP contribution < -0.4 is 10.6 Å². The molecule has 0 saturated carbocycles. The average molecular weight is 869 g/mol. The van der Waals surface area contributed by atoms with Gasteiger partial charge >= 0.3 is 18.2 Å². The molecule has 0 radical (unpaired) electrons. The molecule has 0 spiro atoms. The second kappa shape index (κ2) is 19.6. The van der Waals surface area contributed by atoms with Crippen molar-refractivity contribution in [1.29, 1.82) is 0 Å². The van der Waals surface area contributed by atoms with Gasteiger partial charge in [0.2, 0.25) is 0 Å². The van der Waals surface area contributed by atoms with E-state index in [2.05, 4.69) is 26.0 Å². The van der Waals surface area contributed by atoms with Gasteiger partial charge in [-0.05, 0) is 78.7 Å². The molecule has 3 aliphatic rings. The smallest absolute Gasteiger partial charge is 0.408 e. The van der Waals surface area contributed by atoms with Gasteiger partial charge in [0.05, 0.1) is 23.6 Å². The van der Waals surface area contributed by atoms with Crippen LogP contribution in [-0.4, -0.2) is 135 Å². The minimum atomic E-state index is -3.29. The molecule has 3 aliphatic heterocycles. The number of aromatic nitrogens is 2. The number of likely N-dealkylation sites (N-methyl/N-ethyl adjacent to an activating group) is 1. The van der Waals surface area contributed by atoms with Crippen molar-refractivity contribution >= 4 is 35.7 Å². The van der Waals surface area contributed by atoms with Gasteiger partial charge in [-0.15, -0.1) is 0 Å². The van der Waals surface area contributed by atoms with Crippen LogP contribution in [0.4, 0.5) is 14.0 Å². The van der Waals surface area contributed by atoms with Crippen molar-refractivity contribution in [2.75, 3.05) is 20.6 Å². The second-order valence-corrected chi connectivity index (χ2v) is 17.4. The van der Waals surface area contributed by atoms with Crippen LogP contribution in [0, 0.1) is 17.8 Å². The Kier molecular flexibility index (Phi) is 15.1. The van der Waals surface area contributed by atoms with Gasteiger partial charge in [-0.3, -0.25) is 4.79 Å². The van der Waals surface area contributed by atoms with E-state index in [4.69, 9.17) is 23.7 Å². The largest absolute Gasteiger partial charge is 0.455 e. The molecular formula is C44H61FN6O11. The summed E-state index contributed by atoms with van der Waals surface area (Å²) in [4.78, 5) is 56.8. The number of cyclic esters (lactones) is 1. The molecule has 0 unspecified atom stereocenters. The molecule has 18 heteroatoms. The summed E-state index contributed by atoms with van der Waals surface area (Å²) in [5, 5.41) is 39.3. The van der Waals surface area contributed by atoms with Crippen molar-refractivity contribution in [1.82, 2.24) is 25.7 Å². The predicted octanol–water partition coefficient (Wildman–Crippen LogP) is 5.08. The predicted molar refractivity (Wildman–Crippen MR) is 225 cm³/mol.